The summed E-state index contributed by atoms with van der Waals surface area (Å²) in [6.07, 6.45) is 7.76. The van der Waals surface area contributed by atoms with Crippen molar-refractivity contribution in [3.63, 3.8) is 0 Å². The molecule has 2 aliphatic carbocycles. The Labute approximate surface area is 170 Å². The summed E-state index contributed by atoms with van der Waals surface area (Å²) in [6.45, 7) is 4.48. The number of hydrogen-bond acceptors (Lipinski definition) is 6. The summed E-state index contributed by atoms with van der Waals surface area (Å²) in [6, 6.07) is 0. The largest absolute Gasteiger partial charge is 0.369 e. The van der Waals surface area contributed by atoms with Gasteiger partial charge in [-0.15, -0.1) is 11.3 Å². The highest BCUT2D eigenvalue weighted by Crippen LogP contribution is 2.39. The molecule has 2 aromatic rings. The SMILES string of the molecule is CN1CCN(C(=O)Cc2nc(NCC3CC3)c3c4c(sc3n2)CCCC4)CC1. The minimum absolute atomic E-state index is 0.155. The second-order valence-electron chi connectivity index (χ2n) is 8.56. The number of aryl methyl sites for hydroxylation is 2. The van der Waals surface area contributed by atoms with Gasteiger partial charge in [0.25, 0.3) is 0 Å². The van der Waals surface area contributed by atoms with Crippen LogP contribution in [0.25, 0.3) is 10.2 Å². The van der Waals surface area contributed by atoms with E-state index in [1.165, 1.54) is 41.5 Å². The van der Waals surface area contributed by atoms with E-state index in [-0.39, 0.29) is 5.91 Å². The number of amides is 1. The van der Waals surface area contributed by atoms with E-state index in [4.69, 9.17) is 9.97 Å². The third-order valence-electron chi connectivity index (χ3n) is 6.28. The van der Waals surface area contributed by atoms with Gasteiger partial charge in [-0.05, 0) is 57.1 Å². The number of fused-ring (bicyclic) bond motifs is 3. The molecule has 0 atom stereocenters. The Balaban J connectivity index is 1.42. The minimum Gasteiger partial charge on any atom is -0.369 e. The van der Waals surface area contributed by atoms with E-state index in [1.54, 1.807) is 0 Å². The van der Waals surface area contributed by atoms with Crippen molar-refractivity contribution in [2.75, 3.05) is 45.1 Å². The molecule has 0 radical (unpaired) electrons. The van der Waals surface area contributed by atoms with Crippen LogP contribution in [0.3, 0.4) is 0 Å². The summed E-state index contributed by atoms with van der Waals surface area (Å²) in [5, 5.41) is 4.84. The Morgan fingerprint density at radius 2 is 1.93 bits per heavy atom. The molecule has 3 heterocycles. The van der Waals surface area contributed by atoms with Crippen molar-refractivity contribution in [3.8, 4) is 0 Å². The average molecular weight is 400 g/mol. The monoisotopic (exact) mass is 399 g/mol. The average Bonchev–Trinajstić information content (AvgIpc) is 3.45. The van der Waals surface area contributed by atoms with Crippen LogP contribution in [0.5, 0.6) is 0 Å². The highest BCUT2D eigenvalue weighted by atomic mass is 32.1. The van der Waals surface area contributed by atoms with Gasteiger partial charge in [0.15, 0.2) is 0 Å². The maximum atomic E-state index is 12.8. The van der Waals surface area contributed by atoms with E-state index in [0.717, 1.165) is 62.1 Å². The van der Waals surface area contributed by atoms with Gasteiger partial charge < -0.3 is 15.1 Å². The van der Waals surface area contributed by atoms with E-state index in [2.05, 4.69) is 17.3 Å². The van der Waals surface area contributed by atoms with Gasteiger partial charge in [0.1, 0.15) is 16.5 Å². The van der Waals surface area contributed by atoms with Gasteiger partial charge in [0.05, 0.1) is 11.8 Å². The molecule has 1 saturated heterocycles. The smallest absolute Gasteiger partial charge is 0.230 e. The number of nitrogens with zero attached hydrogens (tertiary/aromatic N) is 4. The van der Waals surface area contributed by atoms with Gasteiger partial charge in [-0.3, -0.25) is 4.79 Å². The van der Waals surface area contributed by atoms with Crippen LogP contribution in [0.15, 0.2) is 0 Å². The zero-order chi connectivity index (χ0) is 19.1. The standard InChI is InChI=1S/C21H29N5OS/c1-25-8-10-26(11-9-25)18(27)12-17-23-20(22-13-14-6-7-14)19-15-4-2-3-5-16(15)28-21(19)24-17/h14H,2-13H2,1H3,(H,22,23,24). The molecule has 1 N–H and O–H groups in total. The first-order valence-corrected chi connectivity index (χ1v) is 11.5. The number of likely N-dealkylation sites (N-methyl/N-ethyl adjacent to an activating group) is 1. The molecule has 2 fully saturated rings. The molecule has 0 aromatic carbocycles. The number of piperazine rings is 1. The first-order valence-electron chi connectivity index (χ1n) is 10.7. The number of thiophene rings is 1. The molecule has 2 aromatic heterocycles. The number of carbonyl (C=O) groups is 1. The molecular weight excluding hydrogens is 370 g/mol. The molecular formula is C21H29N5OS. The lowest BCUT2D eigenvalue weighted by atomic mass is 9.97. The maximum Gasteiger partial charge on any atom is 0.230 e. The van der Waals surface area contributed by atoms with Crippen molar-refractivity contribution < 1.29 is 4.79 Å². The highest BCUT2D eigenvalue weighted by molar-refractivity contribution is 7.19. The van der Waals surface area contributed by atoms with Crippen LogP contribution in [0.2, 0.25) is 0 Å². The van der Waals surface area contributed by atoms with Crippen molar-refractivity contribution in [2.45, 2.75) is 44.9 Å². The van der Waals surface area contributed by atoms with Crippen molar-refractivity contribution in [1.29, 1.82) is 0 Å². The molecule has 0 bridgehead atoms. The van der Waals surface area contributed by atoms with Gasteiger partial charge >= 0.3 is 0 Å². The van der Waals surface area contributed by atoms with Crippen LogP contribution in [0.1, 0.15) is 41.9 Å². The number of anilines is 1. The van der Waals surface area contributed by atoms with Crippen LogP contribution in [0.4, 0.5) is 5.82 Å². The molecule has 0 unspecified atom stereocenters. The third kappa shape index (κ3) is 3.74. The summed E-state index contributed by atoms with van der Waals surface area (Å²) in [5.74, 6) is 2.59. The summed E-state index contributed by atoms with van der Waals surface area (Å²) in [4.78, 5) is 29.3. The predicted octanol–water partition coefficient (Wildman–Crippen LogP) is 2.71. The van der Waals surface area contributed by atoms with Crippen LogP contribution < -0.4 is 5.32 Å². The molecule has 150 valence electrons. The maximum absolute atomic E-state index is 12.8. The molecule has 1 aliphatic heterocycles. The lowest BCUT2D eigenvalue weighted by Crippen LogP contribution is -2.47. The van der Waals surface area contributed by atoms with Gasteiger partial charge in [-0.1, -0.05) is 0 Å². The quantitative estimate of drug-likeness (QED) is 0.838. The van der Waals surface area contributed by atoms with Gasteiger partial charge in [0.2, 0.25) is 5.91 Å². The van der Waals surface area contributed by atoms with E-state index in [9.17, 15) is 4.79 Å². The van der Waals surface area contributed by atoms with E-state index < -0.39 is 0 Å². The van der Waals surface area contributed by atoms with Gasteiger partial charge in [0, 0.05) is 37.6 Å². The fraction of sp³-hybridized carbons (Fsp3) is 0.667. The number of rotatable bonds is 5. The number of hydrogen-bond donors (Lipinski definition) is 1. The molecule has 28 heavy (non-hydrogen) atoms. The summed E-state index contributed by atoms with van der Waals surface area (Å²) < 4.78 is 0. The second-order valence-corrected chi connectivity index (χ2v) is 9.65. The van der Waals surface area contributed by atoms with Crippen LogP contribution in [-0.4, -0.2) is 65.4 Å². The Morgan fingerprint density at radius 3 is 2.71 bits per heavy atom. The topological polar surface area (TPSA) is 61.4 Å². The number of carbonyl (C=O) groups excluding carboxylic acids is 1. The first-order chi connectivity index (χ1) is 13.7. The third-order valence-corrected chi connectivity index (χ3v) is 7.47. The van der Waals surface area contributed by atoms with E-state index >= 15 is 0 Å². The molecule has 6 nitrogen and oxygen atoms in total. The van der Waals surface area contributed by atoms with E-state index in [0.29, 0.717) is 12.2 Å². The molecule has 7 heteroatoms. The summed E-state index contributed by atoms with van der Waals surface area (Å²) in [7, 11) is 2.11. The lowest BCUT2D eigenvalue weighted by molar-refractivity contribution is -0.132. The Hall–Kier alpha value is -1.73. The van der Waals surface area contributed by atoms with Crippen molar-refractivity contribution in [3.05, 3.63) is 16.3 Å². The van der Waals surface area contributed by atoms with Crippen LogP contribution >= 0.6 is 11.3 Å². The number of aromatic nitrogens is 2. The zero-order valence-corrected chi connectivity index (χ0v) is 17.5. The Kier molecular flexibility index (Phi) is 4.97. The Bertz CT molecular complexity index is 883. The lowest BCUT2D eigenvalue weighted by Gasteiger charge is -2.32. The predicted molar refractivity (Wildman–Crippen MR) is 113 cm³/mol. The van der Waals surface area contributed by atoms with Gasteiger partial charge in [-0.2, -0.15) is 0 Å². The van der Waals surface area contributed by atoms with Crippen LogP contribution in [0, 0.1) is 5.92 Å². The zero-order valence-electron chi connectivity index (χ0n) is 16.7. The fourth-order valence-corrected chi connectivity index (χ4v) is 5.55. The van der Waals surface area contributed by atoms with Crippen molar-refractivity contribution in [2.24, 2.45) is 5.92 Å². The fourth-order valence-electron chi connectivity index (χ4n) is 4.27. The summed E-state index contributed by atoms with van der Waals surface area (Å²) >= 11 is 1.82. The van der Waals surface area contributed by atoms with E-state index in [1.807, 2.05) is 16.2 Å². The Morgan fingerprint density at radius 1 is 1.14 bits per heavy atom. The summed E-state index contributed by atoms with van der Waals surface area (Å²) in [5.41, 5.74) is 1.46. The molecule has 1 amide bonds. The van der Waals surface area contributed by atoms with Crippen molar-refractivity contribution in [1.82, 2.24) is 19.8 Å². The molecule has 1 saturated carbocycles. The molecule has 5 rings (SSSR count). The second kappa shape index (κ2) is 7.59. The molecule has 0 spiro atoms. The van der Waals surface area contributed by atoms with Crippen LogP contribution in [-0.2, 0) is 24.1 Å². The number of nitrogens with one attached hydrogen (secondary N) is 1. The normalized spacial score (nSPS) is 20.4. The molecule has 3 aliphatic rings. The first kappa shape index (κ1) is 18.3. The van der Waals surface area contributed by atoms with Gasteiger partial charge in [-0.25, -0.2) is 9.97 Å². The minimum atomic E-state index is 0.155. The highest BCUT2D eigenvalue weighted by Gasteiger charge is 2.26. The van der Waals surface area contributed by atoms with Crippen molar-refractivity contribution >= 4 is 33.3 Å².